The van der Waals surface area contributed by atoms with Crippen molar-refractivity contribution in [1.82, 2.24) is 25.6 Å². The lowest BCUT2D eigenvalue weighted by atomic mass is 10.0. The van der Waals surface area contributed by atoms with Gasteiger partial charge in [-0.1, -0.05) is 74.5 Å². The molecule has 40 heavy (non-hydrogen) atoms. The molecule has 0 radical (unpaired) electrons. The fourth-order valence-corrected chi connectivity index (χ4v) is 3.88. The summed E-state index contributed by atoms with van der Waals surface area (Å²) in [4.78, 5) is 60.3. The van der Waals surface area contributed by atoms with Crippen LogP contribution in [0.2, 0.25) is 0 Å². The van der Waals surface area contributed by atoms with Crippen LogP contribution in [-0.2, 0) is 38.7 Å². The molecule has 0 aliphatic rings. The number of hydrogen-bond acceptors (Lipinski definition) is 8. The molecule has 0 saturated carbocycles. The maximum absolute atomic E-state index is 13.7. The van der Waals surface area contributed by atoms with E-state index in [9.17, 15) is 19.2 Å². The Morgan fingerprint density at radius 2 is 1.45 bits per heavy atom. The van der Waals surface area contributed by atoms with Gasteiger partial charge in [0, 0.05) is 18.3 Å². The Labute approximate surface area is 232 Å². The van der Waals surface area contributed by atoms with Crippen LogP contribution in [0.25, 0.3) is 0 Å². The van der Waals surface area contributed by atoms with E-state index in [-0.39, 0.29) is 32.0 Å². The van der Waals surface area contributed by atoms with Gasteiger partial charge in [0.1, 0.15) is 25.3 Å². The lowest BCUT2D eigenvalue weighted by Gasteiger charge is -2.29. The molecular weight excluding hydrogens is 516 g/mol. The van der Waals surface area contributed by atoms with Crippen molar-refractivity contribution < 1.29 is 28.7 Å². The first-order chi connectivity index (χ1) is 19.3. The van der Waals surface area contributed by atoms with Gasteiger partial charge in [-0.2, -0.15) is 4.90 Å². The molecule has 0 saturated heterocycles. The van der Waals surface area contributed by atoms with Crippen LogP contribution in [0, 0.1) is 5.92 Å². The van der Waals surface area contributed by atoms with Crippen molar-refractivity contribution in [1.29, 1.82) is 0 Å². The second-order valence-electron chi connectivity index (χ2n) is 9.45. The Morgan fingerprint density at radius 3 is 1.90 bits per heavy atom. The number of nitrogens with zero attached hydrogens (tertiary/aromatic N) is 2. The predicted molar refractivity (Wildman–Crippen MR) is 145 cm³/mol. The third kappa shape index (κ3) is 8.95. The van der Waals surface area contributed by atoms with Crippen molar-refractivity contribution >= 4 is 24.0 Å². The quantitative estimate of drug-likeness (QED) is 0.152. The number of rotatable bonds is 12. The summed E-state index contributed by atoms with van der Waals surface area (Å²) in [6.45, 7) is 3.46. The molecule has 12 heteroatoms. The molecule has 5 N–H and O–H groups in total. The molecule has 12 nitrogen and oxygen atoms in total. The Kier molecular flexibility index (Phi) is 11.2. The molecule has 0 aliphatic heterocycles. The first kappa shape index (κ1) is 29.8. The summed E-state index contributed by atoms with van der Waals surface area (Å²) in [6, 6.07) is 15.3. The fourth-order valence-electron chi connectivity index (χ4n) is 3.88. The molecule has 3 aromatic rings. The number of nitrogens with two attached hydrogens (primary N) is 1. The van der Waals surface area contributed by atoms with Crippen molar-refractivity contribution in [3.8, 4) is 0 Å². The van der Waals surface area contributed by atoms with Gasteiger partial charge in [-0.3, -0.25) is 15.0 Å². The summed E-state index contributed by atoms with van der Waals surface area (Å²) < 4.78 is 10.9. The normalized spacial score (nSPS) is 12.2. The van der Waals surface area contributed by atoms with Crippen LogP contribution in [0.1, 0.15) is 37.1 Å². The Hall–Kier alpha value is -4.71. The van der Waals surface area contributed by atoms with E-state index in [1.165, 1.54) is 12.5 Å². The average Bonchev–Trinajstić information content (AvgIpc) is 3.48. The molecular formula is C28H34N6O6. The summed E-state index contributed by atoms with van der Waals surface area (Å²) in [5, 5.41) is 2.63. The van der Waals surface area contributed by atoms with Gasteiger partial charge in [-0.15, -0.1) is 0 Å². The van der Waals surface area contributed by atoms with E-state index in [2.05, 4.69) is 15.3 Å². The summed E-state index contributed by atoms with van der Waals surface area (Å²) in [5.41, 5.74) is 3.86. The van der Waals surface area contributed by atoms with Crippen LogP contribution in [0.4, 0.5) is 9.59 Å². The van der Waals surface area contributed by atoms with Crippen LogP contribution in [0.15, 0.2) is 73.2 Å². The second kappa shape index (κ2) is 15.0. The molecule has 0 aliphatic carbocycles. The van der Waals surface area contributed by atoms with E-state index in [0.29, 0.717) is 21.7 Å². The number of carbonyl (C=O) groups is 4. The van der Waals surface area contributed by atoms with Gasteiger partial charge in [0.25, 0.3) is 5.91 Å². The van der Waals surface area contributed by atoms with Crippen molar-refractivity contribution in [2.75, 3.05) is 0 Å². The molecule has 0 fully saturated rings. The standard InChI is InChI=1S/C28H34N6O6/c1-19(2)13-23(25(35)33-29)32-26(36)24(14-22-15-30-18-31-22)34(27(37)39-16-20-9-5-3-6-10-20)28(38)40-17-21-11-7-4-8-12-21/h3-12,15,18-19,23-24H,13-14,16-17,29H2,1-2H3,(H,30,31)(H,32,36)(H,33,35)/t23-,24-/m0/s1. The zero-order chi connectivity index (χ0) is 28.9. The molecule has 2 atom stereocenters. The number of hydrazine groups is 1. The number of carbonyl (C=O) groups excluding carboxylic acids is 4. The minimum Gasteiger partial charge on any atom is -0.444 e. The number of aromatic nitrogens is 2. The SMILES string of the molecule is CC(C)C[C@H](NC(=O)[C@H](Cc1cnc[nH]1)N(C(=O)OCc1ccccc1)C(=O)OCc1ccccc1)C(=O)NN. The van der Waals surface area contributed by atoms with Gasteiger partial charge in [0.05, 0.1) is 6.33 Å². The van der Waals surface area contributed by atoms with E-state index in [1.54, 1.807) is 48.5 Å². The monoisotopic (exact) mass is 550 g/mol. The van der Waals surface area contributed by atoms with Gasteiger partial charge in [0.2, 0.25) is 5.91 Å². The zero-order valence-electron chi connectivity index (χ0n) is 22.4. The maximum Gasteiger partial charge on any atom is 0.420 e. The second-order valence-corrected chi connectivity index (χ2v) is 9.45. The molecule has 212 valence electrons. The van der Waals surface area contributed by atoms with E-state index < -0.39 is 36.1 Å². The van der Waals surface area contributed by atoms with E-state index in [1.807, 2.05) is 31.4 Å². The molecule has 0 spiro atoms. The van der Waals surface area contributed by atoms with Crippen molar-refractivity contribution in [3.05, 3.63) is 90.0 Å². The molecule has 1 heterocycles. The number of H-pyrrole nitrogens is 1. The number of amides is 4. The Bertz CT molecular complexity index is 1180. The van der Waals surface area contributed by atoms with Gasteiger partial charge >= 0.3 is 12.2 Å². The van der Waals surface area contributed by atoms with Crippen LogP contribution >= 0.6 is 0 Å². The number of hydrogen-bond donors (Lipinski definition) is 4. The molecule has 0 unspecified atom stereocenters. The van der Waals surface area contributed by atoms with E-state index in [0.717, 1.165) is 0 Å². The maximum atomic E-state index is 13.7. The van der Waals surface area contributed by atoms with Crippen LogP contribution in [0.5, 0.6) is 0 Å². The lowest BCUT2D eigenvalue weighted by Crippen LogP contribution is -2.58. The Balaban J connectivity index is 1.91. The van der Waals surface area contributed by atoms with Gasteiger partial charge < -0.3 is 19.8 Å². The third-order valence-corrected chi connectivity index (χ3v) is 5.87. The average molecular weight is 551 g/mol. The van der Waals surface area contributed by atoms with Crippen LogP contribution in [0.3, 0.4) is 0 Å². The molecule has 0 bridgehead atoms. The minimum atomic E-state index is -1.45. The van der Waals surface area contributed by atoms with E-state index in [4.69, 9.17) is 15.3 Å². The smallest absolute Gasteiger partial charge is 0.420 e. The highest BCUT2D eigenvalue weighted by Gasteiger charge is 2.39. The summed E-state index contributed by atoms with van der Waals surface area (Å²) in [5.74, 6) is 3.96. The van der Waals surface area contributed by atoms with Crippen molar-refractivity contribution in [3.63, 3.8) is 0 Å². The number of aromatic amines is 1. The fraction of sp³-hybridized carbons (Fsp3) is 0.321. The largest absolute Gasteiger partial charge is 0.444 e. The topological polar surface area (TPSA) is 169 Å². The molecule has 2 aromatic carbocycles. The van der Waals surface area contributed by atoms with E-state index >= 15 is 0 Å². The predicted octanol–water partition coefficient (Wildman–Crippen LogP) is 2.82. The number of ether oxygens (including phenoxy) is 2. The number of imidazole rings is 1. The summed E-state index contributed by atoms with van der Waals surface area (Å²) in [7, 11) is 0. The first-order valence-electron chi connectivity index (χ1n) is 12.8. The van der Waals surface area contributed by atoms with Gasteiger partial charge in [-0.25, -0.2) is 20.4 Å². The minimum absolute atomic E-state index is 0.0245. The van der Waals surface area contributed by atoms with Gasteiger partial charge in [-0.05, 0) is 23.5 Å². The van der Waals surface area contributed by atoms with Crippen molar-refractivity contribution in [2.24, 2.45) is 11.8 Å². The molecule has 1 aromatic heterocycles. The highest BCUT2D eigenvalue weighted by molar-refractivity contribution is 5.97. The van der Waals surface area contributed by atoms with Crippen LogP contribution in [-0.4, -0.2) is 51.0 Å². The third-order valence-electron chi connectivity index (χ3n) is 5.87. The molecule has 4 amide bonds. The molecule has 3 rings (SSSR count). The zero-order valence-corrected chi connectivity index (χ0v) is 22.4. The number of imide groups is 1. The summed E-state index contributed by atoms with van der Waals surface area (Å²) >= 11 is 0. The highest BCUT2D eigenvalue weighted by atomic mass is 16.6. The summed E-state index contributed by atoms with van der Waals surface area (Å²) in [6.07, 6.45) is 0.796. The van der Waals surface area contributed by atoms with Crippen molar-refractivity contribution in [2.45, 2.75) is 52.0 Å². The van der Waals surface area contributed by atoms with Gasteiger partial charge in [0.15, 0.2) is 0 Å². The first-order valence-corrected chi connectivity index (χ1v) is 12.8. The lowest BCUT2D eigenvalue weighted by molar-refractivity contribution is -0.131. The number of nitrogens with one attached hydrogen (secondary N) is 3. The highest BCUT2D eigenvalue weighted by Crippen LogP contribution is 2.16. The van der Waals surface area contributed by atoms with Crippen LogP contribution < -0.4 is 16.6 Å². The number of benzene rings is 2. The Morgan fingerprint density at radius 1 is 0.900 bits per heavy atom.